The molecular formula is C17H26N2O4S. The molecule has 7 heteroatoms. The van der Waals surface area contributed by atoms with E-state index in [1.807, 2.05) is 30.3 Å². The van der Waals surface area contributed by atoms with Gasteiger partial charge in [0.2, 0.25) is 15.9 Å². The molecule has 0 bridgehead atoms. The van der Waals surface area contributed by atoms with E-state index in [4.69, 9.17) is 4.74 Å². The Labute approximate surface area is 144 Å². The highest BCUT2D eigenvalue weighted by molar-refractivity contribution is 7.89. The molecule has 1 heterocycles. The molecule has 24 heavy (non-hydrogen) atoms. The molecule has 1 aliphatic heterocycles. The van der Waals surface area contributed by atoms with E-state index in [-0.39, 0.29) is 30.7 Å². The lowest BCUT2D eigenvalue weighted by Gasteiger charge is -2.33. The zero-order chi connectivity index (χ0) is 17.6. The lowest BCUT2D eigenvalue weighted by Crippen LogP contribution is -2.46. The number of ether oxygens (including phenoxy) is 1. The van der Waals surface area contributed by atoms with E-state index in [0.717, 1.165) is 12.0 Å². The molecule has 0 aromatic heterocycles. The Morgan fingerprint density at radius 2 is 2.04 bits per heavy atom. The van der Waals surface area contributed by atoms with Crippen molar-refractivity contribution in [1.29, 1.82) is 0 Å². The maximum absolute atomic E-state index is 12.7. The van der Waals surface area contributed by atoms with Gasteiger partial charge in [-0.1, -0.05) is 30.3 Å². The van der Waals surface area contributed by atoms with Gasteiger partial charge in [0.05, 0.1) is 18.3 Å². The average molecular weight is 354 g/mol. The molecule has 1 aromatic rings. The number of carbonyl (C=O) groups excluding carboxylic acids is 1. The Morgan fingerprint density at radius 3 is 2.71 bits per heavy atom. The normalized spacial score (nSPS) is 19.2. The third-order valence-corrected chi connectivity index (χ3v) is 6.11. The SMILES string of the molecule is COCCS(=O)(=O)N1CCCC(C(=O)N(C)Cc2ccccc2)C1. The second kappa shape index (κ2) is 8.60. The molecule has 1 atom stereocenters. The summed E-state index contributed by atoms with van der Waals surface area (Å²) in [6, 6.07) is 9.78. The molecule has 1 aromatic carbocycles. The van der Waals surface area contributed by atoms with Crippen molar-refractivity contribution in [2.75, 3.05) is 39.6 Å². The van der Waals surface area contributed by atoms with Crippen LogP contribution in [0, 0.1) is 5.92 Å². The molecule has 1 saturated heterocycles. The van der Waals surface area contributed by atoms with Crippen LogP contribution in [0.1, 0.15) is 18.4 Å². The van der Waals surface area contributed by atoms with E-state index in [0.29, 0.717) is 19.5 Å². The summed E-state index contributed by atoms with van der Waals surface area (Å²) in [7, 11) is -0.105. The molecule has 0 radical (unpaired) electrons. The van der Waals surface area contributed by atoms with Crippen molar-refractivity contribution in [3.05, 3.63) is 35.9 Å². The van der Waals surface area contributed by atoms with E-state index in [1.54, 1.807) is 11.9 Å². The number of rotatable bonds is 7. The van der Waals surface area contributed by atoms with Gasteiger partial charge in [0.25, 0.3) is 0 Å². The van der Waals surface area contributed by atoms with E-state index >= 15 is 0 Å². The summed E-state index contributed by atoms with van der Waals surface area (Å²) in [5.74, 6) is -0.306. The molecule has 1 fully saturated rings. The lowest BCUT2D eigenvalue weighted by molar-refractivity contribution is -0.135. The van der Waals surface area contributed by atoms with Crippen molar-refractivity contribution < 1.29 is 17.9 Å². The van der Waals surface area contributed by atoms with Gasteiger partial charge in [-0.05, 0) is 18.4 Å². The first kappa shape index (κ1) is 18.9. The van der Waals surface area contributed by atoms with E-state index in [1.165, 1.54) is 11.4 Å². The second-order valence-corrected chi connectivity index (χ2v) is 8.27. The molecule has 6 nitrogen and oxygen atoms in total. The first-order valence-electron chi connectivity index (χ1n) is 8.19. The largest absolute Gasteiger partial charge is 0.384 e. The van der Waals surface area contributed by atoms with Crippen LogP contribution in [0.2, 0.25) is 0 Å². The van der Waals surface area contributed by atoms with Gasteiger partial charge >= 0.3 is 0 Å². The topological polar surface area (TPSA) is 66.9 Å². The van der Waals surface area contributed by atoms with Gasteiger partial charge in [-0.25, -0.2) is 12.7 Å². The Bertz CT molecular complexity index is 633. The zero-order valence-electron chi connectivity index (χ0n) is 14.3. The first-order chi connectivity index (χ1) is 11.4. The van der Waals surface area contributed by atoms with E-state index in [2.05, 4.69) is 0 Å². The average Bonchev–Trinajstić information content (AvgIpc) is 2.60. The number of carbonyl (C=O) groups is 1. The number of nitrogens with zero attached hydrogens (tertiary/aromatic N) is 2. The minimum atomic E-state index is -3.36. The minimum absolute atomic E-state index is 0.00509. The van der Waals surface area contributed by atoms with Gasteiger partial charge in [0.15, 0.2) is 0 Å². The highest BCUT2D eigenvalue weighted by Gasteiger charge is 2.33. The molecule has 134 valence electrons. The van der Waals surface area contributed by atoms with Crippen LogP contribution in [0.15, 0.2) is 30.3 Å². The maximum Gasteiger partial charge on any atom is 0.227 e. The maximum atomic E-state index is 12.7. The summed E-state index contributed by atoms with van der Waals surface area (Å²) in [5.41, 5.74) is 1.06. The van der Waals surface area contributed by atoms with Crippen molar-refractivity contribution in [3.63, 3.8) is 0 Å². The van der Waals surface area contributed by atoms with Crippen LogP contribution >= 0.6 is 0 Å². The fourth-order valence-corrected chi connectivity index (χ4v) is 4.41. The predicted molar refractivity (Wildman–Crippen MR) is 92.9 cm³/mol. The third-order valence-electron chi connectivity index (χ3n) is 4.31. The van der Waals surface area contributed by atoms with Crippen molar-refractivity contribution in [2.24, 2.45) is 5.92 Å². The van der Waals surface area contributed by atoms with Crippen LogP contribution in [0.4, 0.5) is 0 Å². The minimum Gasteiger partial charge on any atom is -0.384 e. The number of benzene rings is 1. The molecule has 0 N–H and O–H groups in total. The molecule has 1 unspecified atom stereocenters. The highest BCUT2D eigenvalue weighted by Crippen LogP contribution is 2.22. The molecular weight excluding hydrogens is 328 g/mol. The Morgan fingerprint density at radius 1 is 1.33 bits per heavy atom. The van der Waals surface area contributed by atoms with Crippen molar-refractivity contribution in [1.82, 2.24) is 9.21 Å². The zero-order valence-corrected chi connectivity index (χ0v) is 15.2. The Kier molecular flexibility index (Phi) is 6.77. The Balaban J connectivity index is 1.97. The van der Waals surface area contributed by atoms with Gasteiger partial charge in [-0.3, -0.25) is 4.79 Å². The van der Waals surface area contributed by atoms with Gasteiger partial charge in [-0.15, -0.1) is 0 Å². The van der Waals surface area contributed by atoms with E-state index in [9.17, 15) is 13.2 Å². The van der Waals surface area contributed by atoms with Gasteiger partial charge in [0.1, 0.15) is 0 Å². The number of piperidine rings is 1. The summed E-state index contributed by atoms with van der Waals surface area (Å²) in [4.78, 5) is 14.4. The monoisotopic (exact) mass is 354 g/mol. The van der Waals surface area contributed by atoms with Gasteiger partial charge in [0, 0.05) is 33.8 Å². The first-order valence-corrected chi connectivity index (χ1v) is 9.80. The summed E-state index contributed by atoms with van der Waals surface area (Å²) < 4.78 is 30.9. The van der Waals surface area contributed by atoms with E-state index < -0.39 is 10.0 Å². The number of sulfonamides is 1. The van der Waals surface area contributed by atoms with Crippen molar-refractivity contribution in [2.45, 2.75) is 19.4 Å². The summed E-state index contributed by atoms with van der Waals surface area (Å²) in [6.07, 6.45) is 1.44. The van der Waals surface area contributed by atoms with Crippen molar-refractivity contribution in [3.8, 4) is 0 Å². The fourth-order valence-electron chi connectivity index (χ4n) is 2.96. The van der Waals surface area contributed by atoms with Crippen molar-refractivity contribution >= 4 is 15.9 Å². The molecule has 2 rings (SSSR count). The van der Waals surface area contributed by atoms with Gasteiger partial charge < -0.3 is 9.64 Å². The molecule has 1 amide bonds. The standard InChI is InChI=1S/C17H26N2O4S/c1-18(13-15-7-4-3-5-8-15)17(20)16-9-6-10-19(14-16)24(21,22)12-11-23-2/h3-5,7-8,16H,6,9-14H2,1-2H3. The number of methoxy groups -OCH3 is 1. The smallest absolute Gasteiger partial charge is 0.227 e. The number of hydrogen-bond donors (Lipinski definition) is 0. The van der Waals surface area contributed by atoms with Crippen LogP contribution < -0.4 is 0 Å². The van der Waals surface area contributed by atoms with Crippen LogP contribution in [0.25, 0.3) is 0 Å². The fraction of sp³-hybridized carbons (Fsp3) is 0.588. The summed E-state index contributed by atoms with van der Waals surface area (Å²) >= 11 is 0. The van der Waals surface area contributed by atoms with Crippen LogP contribution in [-0.4, -0.2) is 63.1 Å². The van der Waals surface area contributed by atoms with Crippen LogP contribution in [0.5, 0.6) is 0 Å². The Hall–Kier alpha value is -1.44. The van der Waals surface area contributed by atoms with Crippen LogP contribution in [-0.2, 0) is 26.1 Å². The summed E-state index contributed by atoms with van der Waals surface area (Å²) in [6.45, 7) is 1.46. The number of hydrogen-bond acceptors (Lipinski definition) is 4. The molecule has 0 aliphatic carbocycles. The lowest BCUT2D eigenvalue weighted by atomic mass is 9.98. The molecule has 0 spiro atoms. The van der Waals surface area contributed by atoms with Crippen LogP contribution in [0.3, 0.4) is 0 Å². The second-order valence-electron chi connectivity index (χ2n) is 6.19. The molecule has 0 saturated carbocycles. The number of amides is 1. The molecule has 1 aliphatic rings. The quantitative estimate of drug-likeness (QED) is 0.741. The highest BCUT2D eigenvalue weighted by atomic mass is 32.2. The predicted octanol–water partition coefficient (Wildman–Crippen LogP) is 1.33. The van der Waals surface area contributed by atoms with Gasteiger partial charge in [-0.2, -0.15) is 0 Å². The summed E-state index contributed by atoms with van der Waals surface area (Å²) in [5, 5.41) is 0. The third kappa shape index (κ3) is 5.03.